The molecule has 1 atom stereocenters. The summed E-state index contributed by atoms with van der Waals surface area (Å²) in [6, 6.07) is 8.84. The van der Waals surface area contributed by atoms with Crippen molar-refractivity contribution in [2.24, 2.45) is 0 Å². The SMILES string of the molecule is CC(NC(=O)COCC(F)(F)F)c1ccccc1. The average molecular weight is 261 g/mol. The molecule has 1 unspecified atom stereocenters. The highest BCUT2D eigenvalue weighted by atomic mass is 19.4. The van der Waals surface area contributed by atoms with Crippen molar-refractivity contribution >= 4 is 5.91 Å². The Morgan fingerprint density at radius 3 is 2.50 bits per heavy atom. The molecular formula is C12H14F3NO2. The van der Waals surface area contributed by atoms with Crippen molar-refractivity contribution in [3.8, 4) is 0 Å². The van der Waals surface area contributed by atoms with Gasteiger partial charge in [-0.05, 0) is 12.5 Å². The van der Waals surface area contributed by atoms with E-state index in [0.29, 0.717) is 0 Å². The highest BCUT2D eigenvalue weighted by Crippen LogP contribution is 2.14. The highest BCUT2D eigenvalue weighted by Gasteiger charge is 2.27. The van der Waals surface area contributed by atoms with Crippen molar-refractivity contribution in [2.75, 3.05) is 13.2 Å². The van der Waals surface area contributed by atoms with Gasteiger partial charge in [-0.15, -0.1) is 0 Å². The highest BCUT2D eigenvalue weighted by molar-refractivity contribution is 5.77. The van der Waals surface area contributed by atoms with Crippen LogP contribution >= 0.6 is 0 Å². The van der Waals surface area contributed by atoms with Crippen LogP contribution in [0.25, 0.3) is 0 Å². The van der Waals surface area contributed by atoms with E-state index in [1.165, 1.54) is 0 Å². The molecule has 0 heterocycles. The van der Waals surface area contributed by atoms with E-state index >= 15 is 0 Å². The van der Waals surface area contributed by atoms with E-state index in [-0.39, 0.29) is 6.04 Å². The normalized spacial score (nSPS) is 13.1. The van der Waals surface area contributed by atoms with Gasteiger partial charge in [-0.3, -0.25) is 4.79 Å². The molecule has 0 aliphatic carbocycles. The number of alkyl halides is 3. The molecule has 3 nitrogen and oxygen atoms in total. The molecule has 1 aromatic rings. The minimum atomic E-state index is -4.41. The first-order valence-corrected chi connectivity index (χ1v) is 5.37. The van der Waals surface area contributed by atoms with Crippen LogP contribution < -0.4 is 5.32 Å². The molecule has 18 heavy (non-hydrogen) atoms. The lowest BCUT2D eigenvalue weighted by molar-refractivity contribution is -0.175. The second kappa shape index (κ2) is 6.39. The van der Waals surface area contributed by atoms with Gasteiger partial charge < -0.3 is 10.1 Å². The molecule has 6 heteroatoms. The fourth-order valence-electron chi connectivity index (χ4n) is 1.37. The van der Waals surface area contributed by atoms with Gasteiger partial charge in [0.15, 0.2) is 0 Å². The molecule has 0 radical (unpaired) electrons. The molecule has 1 rings (SSSR count). The number of carbonyl (C=O) groups is 1. The Labute approximate surface area is 103 Å². The van der Waals surface area contributed by atoms with E-state index in [4.69, 9.17) is 0 Å². The molecule has 0 aliphatic rings. The number of hydrogen-bond acceptors (Lipinski definition) is 2. The van der Waals surface area contributed by atoms with Crippen LogP contribution in [0.5, 0.6) is 0 Å². The summed E-state index contributed by atoms with van der Waals surface area (Å²) in [5.74, 6) is -0.574. The van der Waals surface area contributed by atoms with E-state index in [1.54, 1.807) is 6.92 Å². The molecule has 0 saturated carbocycles. The summed E-state index contributed by atoms with van der Waals surface area (Å²) < 4.78 is 39.6. The Morgan fingerprint density at radius 1 is 1.33 bits per heavy atom. The van der Waals surface area contributed by atoms with Gasteiger partial charge in [0.25, 0.3) is 0 Å². The molecule has 1 amide bonds. The maximum atomic E-state index is 11.8. The van der Waals surface area contributed by atoms with Gasteiger partial charge in [0.05, 0.1) is 6.04 Å². The number of ether oxygens (including phenoxy) is 1. The van der Waals surface area contributed by atoms with Gasteiger partial charge in [-0.25, -0.2) is 0 Å². The second-order valence-corrected chi connectivity index (χ2v) is 3.81. The zero-order valence-corrected chi connectivity index (χ0v) is 9.83. The van der Waals surface area contributed by atoms with Gasteiger partial charge in [-0.1, -0.05) is 30.3 Å². The van der Waals surface area contributed by atoms with Crippen LogP contribution in [0.2, 0.25) is 0 Å². The molecule has 0 spiro atoms. The summed E-state index contributed by atoms with van der Waals surface area (Å²) in [7, 11) is 0. The Kier molecular flexibility index (Phi) is 5.15. The van der Waals surface area contributed by atoms with Crippen molar-refractivity contribution in [1.82, 2.24) is 5.32 Å². The summed E-state index contributed by atoms with van der Waals surface area (Å²) in [4.78, 5) is 11.3. The standard InChI is InChI=1S/C12H14F3NO2/c1-9(10-5-3-2-4-6-10)16-11(17)7-18-8-12(13,14)15/h2-6,9H,7-8H2,1H3,(H,16,17). The number of nitrogens with one attached hydrogen (secondary N) is 1. The van der Waals surface area contributed by atoms with Crippen molar-refractivity contribution < 1.29 is 22.7 Å². The largest absolute Gasteiger partial charge is 0.411 e. The van der Waals surface area contributed by atoms with E-state index in [1.807, 2.05) is 30.3 Å². The summed E-state index contributed by atoms with van der Waals surface area (Å²) in [5, 5.41) is 2.55. The summed E-state index contributed by atoms with van der Waals surface area (Å²) in [6.07, 6.45) is -4.41. The monoisotopic (exact) mass is 261 g/mol. The molecule has 0 saturated heterocycles. The minimum Gasteiger partial charge on any atom is -0.362 e. The van der Waals surface area contributed by atoms with Crippen LogP contribution in [0.3, 0.4) is 0 Å². The van der Waals surface area contributed by atoms with Gasteiger partial charge >= 0.3 is 6.18 Å². The van der Waals surface area contributed by atoms with Crippen molar-refractivity contribution in [3.63, 3.8) is 0 Å². The number of carbonyl (C=O) groups excluding carboxylic acids is 1. The molecule has 100 valence electrons. The molecule has 0 fully saturated rings. The fourth-order valence-corrected chi connectivity index (χ4v) is 1.37. The first kappa shape index (κ1) is 14.5. The van der Waals surface area contributed by atoms with Gasteiger partial charge in [0.2, 0.25) is 5.91 Å². The van der Waals surface area contributed by atoms with Crippen molar-refractivity contribution in [1.29, 1.82) is 0 Å². The third-order valence-corrected chi connectivity index (χ3v) is 2.18. The average Bonchev–Trinajstić information content (AvgIpc) is 2.28. The predicted molar refractivity (Wildman–Crippen MR) is 59.9 cm³/mol. The van der Waals surface area contributed by atoms with E-state index in [0.717, 1.165) is 5.56 Å². The Balaban J connectivity index is 2.32. The van der Waals surface area contributed by atoms with Crippen LogP contribution in [0.4, 0.5) is 13.2 Å². The lowest BCUT2D eigenvalue weighted by Gasteiger charge is -2.14. The van der Waals surface area contributed by atoms with Crippen LogP contribution in [0.15, 0.2) is 30.3 Å². The Morgan fingerprint density at radius 2 is 1.94 bits per heavy atom. The lowest BCUT2D eigenvalue weighted by atomic mass is 10.1. The quantitative estimate of drug-likeness (QED) is 0.884. The first-order chi connectivity index (χ1) is 8.38. The van der Waals surface area contributed by atoms with Gasteiger partial charge in [-0.2, -0.15) is 13.2 Å². The number of halogens is 3. The van der Waals surface area contributed by atoms with Crippen LogP contribution in [0, 0.1) is 0 Å². The molecule has 1 aromatic carbocycles. The maximum absolute atomic E-state index is 11.8. The zero-order chi connectivity index (χ0) is 13.6. The minimum absolute atomic E-state index is 0.270. The number of benzene rings is 1. The van der Waals surface area contributed by atoms with Crippen molar-refractivity contribution in [2.45, 2.75) is 19.1 Å². The molecule has 0 bridgehead atoms. The van der Waals surface area contributed by atoms with Crippen molar-refractivity contribution in [3.05, 3.63) is 35.9 Å². The smallest absolute Gasteiger partial charge is 0.362 e. The van der Waals surface area contributed by atoms with E-state index < -0.39 is 25.3 Å². The molecule has 1 N–H and O–H groups in total. The van der Waals surface area contributed by atoms with Crippen LogP contribution in [0.1, 0.15) is 18.5 Å². The first-order valence-electron chi connectivity index (χ1n) is 5.37. The van der Waals surface area contributed by atoms with Crippen LogP contribution in [-0.4, -0.2) is 25.3 Å². The van der Waals surface area contributed by atoms with E-state index in [9.17, 15) is 18.0 Å². The molecular weight excluding hydrogens is 247 g/mol. The number of hydrogen-bond donors (Lipinski definition) is 1. The lowest BCUT2D eigenvalue weighted by Crippen LogP contribution is -2.31. The Hall–Kier alpha value is -1.56. The third kappa shape index (κ3) is 5.67. The topological polar surface area (TPSA) is 38.3 Å². The molecule has 0 aromatic heterocycles. The third-order valence-electron chi connectivity index (χ3n) is 2.18. The van der Waals surface area contributed by atoms with Gasteiger partial charge in [0.1, 0.15) is 13.2 Å². The predicted octanol–water partition coefficient (Wildman–Crippen LogP) is 2.44. The fraction of sp³-hybridized carbons (Fsp3) is 0.417. The summed E-state index contributed by atoms with van der Waals surface area (Å²) in [5.41, 5.74) is 0.877. The summed E-state index contributed by atoms with van der Waals surface area (Å²) in [6.45, 7) is -0.270. The van der Waals surface area contributed by atoms with E-state index in [2.05, 4.69) is 10.1 Å². The second-order valence-electron chi connectivity index (χ2n) is 3.81. The Bertz CT molecular complexity index is 379. The zero-order valence-electron chi connectivity index (χ0n) is 9.83. The maximum Gasteiger partial charge on any atom is 0.411 e. The number of rotatable bonds is 5. The van der Waals surface area contributed by atoms with Crippen LogP contribution in [-0.2, 0) is 9.53 Å². The molecule has 0 aliphatic heterocycles. The van der Waals surface area contributed by atoms with Gasteiger partial charge in [0, 0.05) is 0 Å². The summed E-state index contributed by atoms with van der Waals surface area (Å²) >= 11 is 0. The number of amides is 1.